The number of ether oxygens (including phenoxy) is 2. The van der Waals surface area contributed by atoms with Crippen LogP contribution >= 0.6 is 11.6 Å². The predicted octanol–water partition coefficient (Wildman–Crippen LogP) is 4.96. The summed E-state index contributed by atoms with van der Waals surface area (Å²) in [5.41, 5.74) is 8.14. The van der Waals surface area contributed by atoms with Crippen molar-refractivity contribution in [3.05, 3.63) is 65.6 Å². The number of aromatic nitrogens is 3. The average molecular weight is 454 g/mol. The van der Waals surface area contributed by atoms with Gasteiger partial charge >= 0.3 is 0 Å². The molecule has 2 aromatic carbocycles. The second-order valence-corrected chi connectivity index (χ2v) is 7.24. The molecule has 0 aliphatic rings. The smallest absolute Gasteiger partial charge is 0.257 e. The fourth-order valence-electron chi connectivity index (χ4n) is 3.20. The number of hydrogen-bond acceptors (Lipinski definition) is 7. The topological polar surface area (TPSA) is 95.2 Å². The van der Waals surface area contributed by atoms with Gasteiger partial charge in [-0.25, -0.2) is 4.39 Å². The predicted molar refractivity (Wildman–Crippen MR) is 123 cm³/mol. The molecular formula is C23H21ClFN5O2. The molecule has 0 aliphatic carbocycles. The lowest BCUT2D eigenvalue weighted by atomic mass is 10.1. The van der Waals surface area contributed by atoms with Crippen LogP contribution in [0.1, 0.15) is 6.92 Å². The van der Waals surface area contributed by atoms with E-state index in [4.69, 9.17) is 26.8 Å². The standard InChI is InChI=1S/C23H21ClFN5O2/c1-2-31-15-4-5-16-19(7-9-27-20(16)12-15)28-22-13-21(29-30-23(22)32-10-8-26)17-11-14(24)3-6-18(17)25/h3-7,9,11-13H,2,8,10,26H2,1H3,(H,27,28,29). The number of benzene rings is 2. The molecule has 4 rings (SSSR count). The van der Waals surface area contributed by atoms with Crippen LogP contribution in [0.3, 0.4) is 0 Å². The Balaban J connectivity index is 1.77. The van der Waals surface area contributed by atoms with E-state index < -0.39 is 5.82 Å². The van der Waals surface area contributed by atoms with Crippen LogP contribution < -0.4 is 20.5 Å². The number of nitrogens with two attached hydrogens (primary N) is 1. The van der Waals surface area contributed by atoms with Gasteiger partial charge in [-0.15, -0.1) is 10.2 Å². The summed E-state index contributed by atoms with van der Waals surface area (Å²) in [4.78, 5) is 4.42. The minimum Gasteiger partial charge on any atom is -0.494 e. The molecule has 0 aliphatic heterocycles. The molecule has 3 N–H and O–H groups in total. The van der Waals surface area contributed by atoms with Crippen molar-refractivity contribution in [3.63, 3.8) is 0 Å². The van der Waals surface area contributed by atoms with Crippen molar-refractivity contribution in [2.24, 2.45) is 5.73 Å². The molecular weight excluding hydrogens is 433 g/mol. The molecule has 0 saturated carbocycles. The summed E-state index contributed by atoms with van der Waals surface area (Å²) in [7, 11) is 0. The van der Waals surface area contributed by atoms with Gasteiger partial charge in [0.2, 0.25) is 0 Å². The number of rotatable bonds is 8. The number of fused-ring (bicyclic) bond motifs is 1. The third-order valence-corrected chi connectivity index (χ3v) is 4.85. The van der Waals surface area contributed by atoms with Crippen LogP contribution in [0.15, 0.2) is 54.7 Å². The van der Waals surface area contributed by atoms with Gasteiger partial charge in [0.1, 0.15) is 23.9 Å². The van der Waals surface area contributed by atoms with E-state index >= 15 is 0 Å². The van der Waals surface area contributed by atoms with Crippen molar-refractivity contribution >= 4 is 33.9 Å². The number of nitrogens with zero attached hydrogens (tertiary/aromatic N) is 3. The molecule has 0 fully saturated rings. The Morgan fingerprint density at radius 3 is 2.72 bits per heavy atom. The Labute approximate surface area is 189 Å². The summed E-state index contributed by atoms with van der Waals surface area (Å²) in [6.45, 7) is 3.05. The second kappa shape index (κ2) is 9.76. The van der Waals surface area contributed by atoms with E-state index in [-0.39, 0.29) is 18.1 Å². The van der Waals surface area contributed by atoms with Crippen LogP contribution in [-0.2, 0) is 0 Å². The Bertz CT molecular complexity index is 1250. The van der Waals surface area contributed by atoms with Gasteiger partial charge < -0.3 is 20.5 Å². The fourth-order valence-corrected chi connectivity index (χ4v) is 3.37. The second-order valence-electron chi connectivity index (χ2n) is 6.81. The van der Waals surface area contributed by atoms with E-state index in [0.717, 1.165) is 22.3 Å². The number of anilines is 2. The molecule has 0 saturated heterocycles. The molecule has 0 amide bonds. The molecule has 32 heavy (non-hydrogen) atoms. The molecule has 4 aromatic rings. The third kappa shape index (κ3) is 4.71. The number of hydrogen-bond donors (Lipinski definition) is 2. The Morgan fingerprint density at radius 1 is 1.03 bits per heavy atom. The zero-order valence-corrected chi connectivity index (χ0v) is 18.1. The van der Waals surface area contributed by atoms with Crippen LogP contribution in [0.4, 0.5) is 15.8 Å². The van der Waals surface area contributed by atoms with Crippen LogP contribution in [-0.4, -0.2) is 34.9 Å². The quantitative estimate of drug-likeness (QED) is 0.389. The molecule has 0 unspecified atom stereocenters. The zero-order chi connectivity index (χ0) is 22.5. The van der Waals surface area contributed by atoms with Gasteiger partial charge in [0, 0.05) is 40.5 Å². The minimum absolute atomic E-state index is 0.236. The summed E-state index contributed by atoms with van der Waals surface area (Å²) in [6, 6.07) is 13.4. The Morgan fingerprint density at radius 2 is 1.91 bits per heavy atom. The van der Waals surface area contributed by atoms with Gasteiger partial charge in [0.15, 0.2) is 0 Å². The summed E-state index contributed by atoms with van der Waals surface area (Å²) in [5.74, 6) is 0.529. The molecule has 0 bridgehead atoms. The van der Waals surface area contributed by atoms with Gasteiger partial charge in [0.05, 0.1) is 17.8 Å². The fraction of sp³-hybridized carbons (Fsp3) is 0.174. The molecule has 0 atom stereocenters. The highest BCUT2D eigenvalue weighted by Gasteiger charge is 2.15. The van der Waals surface area contributed by atoms with Crippen molar-refractivity contribution in [1.82, 2.24) is 15.2 Å². The highest BCUT2D eigenvalue weighted by atomic mass is 35.5. The van der Waals surface area contributed by atoms with E-state index in [9.17, 15) is 4.39 Å². The first-order valence-electron chi connectivity index (χ1n) is 10.0. The number of halogens is 2. The van der Waals surface area contributed by atoms with E-state index in [2.05, 4.69) is 20.5 Å². The van der Waals surface area contributed by atoms with Gasteiger partial charge in [-0.05, 0) is 49.4 Å². The number of pyridine rings is 1. The van der Waals surface area contributed by atoms with Crippen LogP contribution in [0, 0.1) is 5.82 Å². The van der Waals surface area contributed by atoms with Gasteiger partial charge in [0.25, 0.3) is 5.88 Å². The van der Waals surface area contributed by atoms with Crippen LogP contribution in [0.5, 0.6) is 11.6 Å². The normalized spacial score (nSPS) is 10.9. The van der Waals surface area contributed by atoms with Crippen LogP contribution in [0.25, 0.3) is 22.2 Å². The molecule has 2 aromatic heterocycles. The first-order chi connectivity index (χ1) is 15.6. The summed E-state index contributed by atoms with van der Waals surface area (Å²) >= 11 is 6.05. The third-order valence-electron chi connectivity index (χ3n) is 4.62. The number of nitrogens with one attached hydrogen (secondary N) is 1. The lowest BCUT2D eigenvalue weighted by molar-refractivity contribution is 0.314. The molecule has 0 spiro atoms. The first kappa shape index (κ1) is 21.7. The summed E-state index contributed by atoms with van der Waals surface area (Å²) in [6.07, 6.45) is 1.69. The highest BCUT2D eigenvalue weighted by molar-refractivity contribution is 6.30. The van der Waals surface area contributed by atoms with E-state index in [1.165, 1.54) is 18.2 Å². The largest absolute Gasteiger partial charge is 0.494 e. The first-order valence-corrected chi connectivity index (χ1v) is 10.4. The van der Waals surface area contributed by atoms with E-state index in [1.54, 1.807) is 12.3 Å². The lowest BCUT2D eigenvalue weighted by Crippen LogP contribution is -2.13. The zero-order valence-electron chi connectivity index (χ0n) is 17.3. The molecule has 2 heterocycles. The Hall–Kier alpha value is -3.49. The van der Waals surface area contributed by atoms with Gasteiger partial charge in [-0.2, -0.15) is 0 Å². The van der Waals surface area contributed by atoms with E-state index in [0.29, 0.717) is 29.6 Å². The highest BCUT2D eigenvalue weighted by Crippen LogP contribution is 2.34. The van der Waals surface area contributed by atoms with Crippen molar-refractivity contribution in [1.29, 1.82) is 0 Å². The van der Waals surface area contributed by atoms with Crippen molar-refractivity contribution in [2.45, 2.75) is 6.92 Å². The Kier molecular flexibility index (Phi) is 6.63. The van der Waals surface area contributed by atoms with Crippen molar-refractivity contribution in [2.75, 3.05) is 25.1 Å². The lowest BCUT2D eigenvalue weighted by Gasteiger charge is -2.15. The van der Waals surface area contributed by atoms with Crippen molar-refractivity contribution in [3.8, 4) is 22.9 Å². The van der Waals surface area contributed by atoms with Crippen molar-refractivity contribution < 1.29 is 13.9 Å². The van der Waals surface area contributed by atoms with Gasteiger partial charge in [-0.1, -0.05) is 11.6 Å². The summed E-state index contributed by atoms with van der Waals surface area (Å²) in [5, 5.41) is 12.8. The molecule has 164 valence electrons. The molecule has 7 nitrogen and oxygen atoms in total. The summed E-state index contributed by atoms with van der Waals surface area (Å²) < 4.78 is 25.6. The SMILES string of the molecule is CCOc1ccc2c(Nc3cc(-c4cc(Cl)ccc4F)nnc3OCCN)ccnc2c1. The maximum Gasteiger partial charge on any atom is 0.257 e. The van der Waals surface area contributed by atoms with E-state index in [1.807, 2.05) is 31.2 Å². The van der Waals surface area contributed by atoms with Gasteiger partial charge in [-0.3, -0.25) is 4.98 Å². The molecule has 0 radical (unpaired) electrons. The maximum atomic E-state index is 14.4. The monoisotopic (exact) mass is 453 g/mol. The average Bonchev–Trinajstić information content (AvgIpc) is 2.80. The maximum absolute atomic E-state index is 14.4. The minimum atomic E-state index is -0.455. The van der Waals surface area contributed by atoms with Crippen LogP contribution in [0.2, 0.25) is 5.02 Å². The molecule has 9 heteroatoms.